The smallest absolute Gasteiger partial charge is 0.337 e. The molecule has 0 spiro atoms. The van der Waals surface area contributed by atoms with Gasteiger partial charge in [-0.05, 0) is 42.5 Å². The predicted molar refractivity (Wildman–Crippen MR) is 102 cm³/mol. The highest BCUT2D eigenvalue weighted by molar-refractivity contribution is 5.96. The number of nitrogens with zero attached hydrogens (tertiary/aromatic N) is 1. The van der Waals surface area contributed by atoms with Gasteiger partial charge in [0, 0.05) is 31.3 Å². The minimum absolute atomic E-state index is 0.105. The number of nitrogens with one attached hydrogen (secondary N) is 1. The van der Waals surface area contributed by atoms with E-state index in [9.17, 15) is 14.4 Å². The Bertz CT molecular complexity index is 817. The summed E-state index contributed by atoms with van der Waals surface area (Å²) in [5.74, 6) is -0.247. The number of carbonyl (C=O) groups excluding carboxylic acids is 3. The number of rotatable bonds is 7. The van der Waals surface area contributed by atoms with Crippen LogP contribution in [0.1, 0.15) is 23.7 Å². The molecule has 0 aliphatic carbocycles. The second kappa shape index (κ2) is 9.38. The van der Waals surface area contributed by atoms with Gasteiger partial charge in [0.25, 0.3) is 0 Å². The summed E-state index contributed by atoms with van der Waals surface area (Å²) in [5.41, 5.74) is 1.51. The van der Waals surface area contributed by atoms with Crippen LogP contribution in [-0.2, 0) is 14.3 Å². The lowest BCUT2D eigenvalue weighted by Gasteiger charge is -2.21. The SMILES string of the molecule is COC(=O)c1cccc(N(CCC(=O)Nc2ccc(OC)cc2)C(C)=O)c1. The predicted octanol–water partition coefficient (Wildman–Crippen LogP) is 2.86. The van der Waals surface area contributed by atoms with Crippen molar-refractivity contribution >= 4 is 29.2 Å². The molecule has 2 rings (SSSR count). The molecular formula is C20H22N2O5. The molecule has 0 aliphatic heterocycles. The second-order valence-electron chi connectivity index (χ2n) is 5.74. The summed E-state index contributed by atoms with van der Waals surface area (Å²) in [4.78, 5) is 37.3. The summed E-state index contributed by atoms with van der Waals surface area (Å²) in [6, 6.07) is 13.5. The van der Waals surface area contributed by atoms with Gasteiger partial charge in [0.15, 0.2) is 0 Å². The van der Waals surface area contributed by atoms with Crippen LogP contribution >= 0.6 is 0 Å². The number of anilines is 2. The molecule has 0 heterocycles. The Kier molecular flexibility index (Phi) is 6.93. The maximum atomic E-state index is 12.2. The van der Waals surface area contributed by atoms with Crippen LogP contribution in [-0.4, -0.2) is 38.5 Å². The molecule has 0 atom stereocenters. The van der Waals surface area contributed by atoms with Crippen molar-refractivity contribution < 1.29 is 23.9 Å². The third kappa shape index (κ3) is 5.57. The Balaban J connectivity index is 2.02. The fraction of sp³-hybridized carbons (Fsp3) is 0.250. The Labute approximate surface area is 157 Å². The molecule has 7 heteroatoms. The molecule has 0 fully saturated rings. The highest BCUT2D eigenvalue weighted by Gasteiger charge is 2.15. The van der Waals surface area contributed by atoms with Crippen LogP contribution in [0, 0.1) is 0 Å². The number of hydrogen-bond acceptors (Lipinski definition) is 5. The van der Waals surface area contributed by atoms with Crippen LogP contribution in [0.2, 0.25) is 0 Å². The van der Waals surface area contributed by atoms with Gasteiger partial charge in [-0.15, -0.1) is 0 Å². The van der Waals surface area contributed by atoms with E-state index in [2.05, 4.69) is 5.32 Å². The first-order chi connectivity index (χ1) is 12.9. The van der Waals surface area contributed by atoms with Crippen LogP contribution < -0.4 is 15.0 Å². The van der Waals surface area contributed by atoms with Crippen molar-refractivity contribution in [2.45, 2.75) is 13.3 Å². The molecular weight excluding hydrogens is 348 g/mol. The molecule has 0 aliphatic rings. The van der Waals surface area contributed by atoms with Crippen molar-refractivity contribution in [2.24, 2.45) is 0 Å². The summed E-state index contributed by atoms with van der Waals surface area (Å²) in [6.07, 6.45) is 0.105. The van der Waals surface area contributed by atoms with Crippen molar-refractivity contribution in [3.05, 3.63) is 54.1 Å². The molecule has 2 amide bonds. The van der Waals surface area contributed by atoms with Gasteiger partial charge in [0.05, 0.1) is 19.8 Å². The molecule has 0 saturated carbocycles. The van der Waals surface area contributed by atoms with Crippen LogP contribution in [0.4, 0.5) is 11.4 Å². The van der Waals surface area contributed by atoms with Gasteiger partial charge in [-0.1, -0.05) is 6.07 Å². The first-order valence-electron chi connectivity index (χ1n) is 8.35. The fourth-order valence-electron chi connectivity index (χ4n) is 2.50. The van der Waals surface area contributed by atoms with Gasteiger partial charge in [0.1, 0.15) is 5.75 Å². The fourth-order valence-corrected chi connectivity index (χ4v) is 2.50. The maximum absolute atomic E-state index is 12.2. The normalized spacial score (nSPS) is 10.0. The number of carbonyl (C=O) groups is 3. The number of methoxy groups -OCH3 is 2. The van der Waals surface area contributed by atoms with E-state index in [0.717, 1.165) is 0 Å². The summed E-state index contributed by atoms with van der Waals surface area (Å²) in [5, 5.41) is 2.77. The van der Waals surface area contributed by atoms with Crippen molar-refractivity contribution in [3.8, 4) is 5.75 Å². The molecule has 2 aromatic rings. The van der Waals surface area contributed by atoms with Crippen molar-refractivity contribution in [3.63, 3.8) is 0 Å². The van der Waals surface area contributed by atoms with Gasteiger partial charge < -0.3 is 19.7 Å². The summed E-state index contributed by atoms with van der Waals surface area (Å²) >= 11 is 0. The highest BCUT2D eigenvalue weighted by atomic mass is 16.5. The van der Waals surface area contributed by atoms with Crippen molar-refractivity contribution in [2.75, 3.05) is 31.0 Å². The molecule has 142 valence electrons. The molecule has 0 aromatic heterocycles. The average molecular weight is 370 g/mol. The summed E-state index contributed by atoms with van der Waals surface area (Å²) < 4.78 is 9.77. The zero-order valence-electron chi connectivity index (χ0n) is 15.5. The Hall–Kier alpha value is -3.35. The molecule has 7 nitrogen and oxygen atoms in total. The average Bonchev–Trinajstić information content (AvgIpc) is 2.68. The van der Waals surface area contributed by atoms with Gasteiger partial charge in [-0.25, -0.2) is 4.79 Å². The van der Waals surface area contributed by atoms with Crippen molar-refractivity contribution in [1.82, 2.24) is 0 Å². The monoisotopic (exact) mass is 370 g/mol. The van der Waals surface area contributed by atoms with Crippen LogP contribution in [0.3, 0.4) is 0 Å². The molecule has 27 heavy (non-hydrogen) atoms. The van der Waals surface area contributed by atoms with Crippen molar-refractivity contribution in [1.29, 1.82) is 0 Å². The lowest BCUT2D eigenvalue weighted by atomic mass is 10.1. The molecule has 0 unspecified atom stereocenters. The number of amides is 2. The van der Waals surface area contributed by atoms with E-state index >= 15 is 0 Å². The summed E-state index contributed by atoms with van der Waals surface area (Å²) in [6.45, 7) is 1.59. The minimum atomic E-state index is -0.488. The van der Waals surface area contributed by atoms with E-state index in [1.165, 1.54) is 18.9 Å². The number of hydrogen-bond donors (Lipinski definition) is 1. The zero-order chi connectivity index (χ0) is 19.8. The third-order valence-corrected chi connectivity index (χ3v) is 3.90. The van der Waals surface area contributed by atoms with Gasteiger partial charge in [-0.2, -0.15) is 0 Å². The van der Waals surface area contributed by atoms with E-state index in [1.807, 2.05) is 0 Å². The van der Waals surface area contributed by atoms with Crippen LogP contribution in [0.25, 0.3) is 0 Å². The maximum Gasteiger partial charge on any atom is 0.337 e. The first-order valence-corrected chi connectivity index (χ1v) is 8.35. The minimum Gasteiger partial charge on any atom is -0.497 e. The summed E-state index contributed by atoms with van der Waals surface area (Å²) in [7, 11) is 2.86. The topological polar surface area (TPSA) is 84.9 Å². The van der Waals surface area contributed by atoms with Crippen LogP contribution in [0.5, 0.6) is 5.75 Å². The first kappa shape index (κ1) is 20.0. The van der Waals surface area contributed by atoms with Gasteiger partial charge >= 0.3 is 5.97 Å². The van der Waals surface area contributed by atoms with Gasteiger partial charge in [-0.3, -0.25) is 9.59 Å². The molecule has 0 bridgehead atoms. The standard InChI is InChI=1S/C20H22N2O5/c1-14(23)22(17-6-4-5-15(13-17)20(25)27-3)12-11-19(24)21-16-7-9-18(26-2)10-8-16/h4-10,13H,11-12H2,1-3H3,(H,21,24). The van der Waals surface area contributed by atoms with E-state index in [0.29, 0.717) is 22.7 Å². The Morgan fingerprint density at radius 3 is 2.33 bits per heavy atom. The van der Waals surface area contributed by atoms with E-state index < -0.39 is 5.97 Å². The lowest BCUT2D eigenvalue weighted by Crippen LogP contribution is -2.32. The molecule has 1 N–H and O–H groups in total. The number of benzene rings is 2. The zero-order valence-corrected chi connectivity index (χ0v) is 15.5. The quantitative estimate of drug-likeness (QED) is 0.758. The van der Waals surface area contributed by atoms with Gasteiger partial charge in [0.2, 0.25) is 11.8 Å². The van der Waals surface area contributed by atoms with E-state index in [-0.39, 0.29) is 24.8 Å². The molecule has 0 saturated heterocycles. The molecule has 2 aromatic carbocycles. The number of ether oxygens (including phenoxy) is 2. The largest absolute Gasteiger partial charge is 0.497 e. The second-order valence-corrected chi connectivity index (χ2v) is 5.74. The number of esters is 1. The Morgan fingerprint density at radius 2 is 1.74 bits per heavy atom. The molecule has 0 radical (unpaired) electrons. The van der Waals surface area contributed by atoms with E-state index in [4.69, 9.17) is 9.47 Å². The lowest BCUT2D eigenvalue weighted by molar-refractivity contribution is -0.117. The third-order valence-electron chi connectivity index (χ3n) is 3.90. The Morgan fingerprint density at radius 1 is 1.04 bits per heavy atom. The van der Waals surface area contributed by atoms with Crippen LogP contribution in [0.15, 0.2) is 48.5 Å². The van der Waals surface area contributed by atoms with E-state index in [1.54, 1.807) is 55.6 Å². The highest BCUT2D eigenvalue weighted by Crippen LogP contribution is 2.19.